The first-order chi connectivity index (χ1) is 6.93. The van der Waals surface area contributed by atoms with Crippen molar-refractivity contribution >= 4 is 21.6 Å². The van der Waals surface area contributed by atoms with Gasteiger partial charge in [0, 0.05) is 6.54 Å². The third kappa shape index (κ3) is 1.25. The summed E-state index contributed by atoms with van der Waals surface area (Å²) in [5.74, 6) is 0. The monoisotopic (exact) mass is 202 g/mol. The Bertz CT molecular complexity index is 454. The van der Waals surface area contributed by atoms with Gasteiger partial charge >= 0.3 is 0 Å². The number of para-hydroxylation sites is 1. The highest BCUT2D eigenvalue weighted by molar-refractivity contribution is 7.18. The number of aromatic nitrogens is 1. The fraction of sp³-hybridized carbons (Fsp3) is 0.182. The fourth-order valence-corrected chi connectivity index (χ4v) is 2.68. The molecule has 2 aromatic rings. The van der Waals surface area contributed by atoms with Gasteiger partial charge in [0.1, 0.15) is 5.01 Å². The SMILES string of the molecule is C1=CC(c2nc3ccccc3s2)NC1. The Morgan fingerprint density at radius 1 is 1.36 bits per heavy atom. The van der Waals surface area contributed by atoms with Crippen LogP contribution in [-0.2, 0) is 0 Å². The molecule has 0 radical (unpaired) electrons. The van der Waals surface area contributed by atoms with E-state index in [2.05, 4.69) is 40.7 Å². The molecule has 3 heteroatoms. The molecule has 0 saturated carbocycles. The topological polar surface area (TPSA) is 24.9 Å². The van der Waals surface area contributed by atoms with Crippen LogP contribution in [0.3, 0.4) is 0 Å². The number of thiazole rings is 1. The highest BCUT2D eigenvalue weighted by Crippen LogP contribution is 2.27. The molecule has 70 valence electrons. The van der Waals surface area contributed by atoms with Crippen molar-refractivity contribution in [3.05, 3.63) is 41.4 Å². The summed E-state index contributed by atoms with van der Waals surface area (Å²) in [4.78, 5) is 4.60. The summed E-state index contributed by atoms with van der Waals surface area (Å²) in [5, 5.41) is 4.54. The molecule has 1 unspecified atom stereocenters. The highest BCUT2D eigenvalue weighted by atomic mass is 32.1. The molecule has 2 nitrogen and oxygen atoms in total. The zero-order chi connectivity index (χ0) is 9.38. The largest absolute Gasteiger partial charge is 0.301 e. The molecule has 0 bridgehead atoms. The Balaban J connectivity index is 2.09. The van der Waals surface area contributed by atoms with Gasteiger partial charge in [0.2, 0.25) is 0 Å². The van der Waals surface area contributed by atoms with Crippen molar-refractivity contribution in [2.24, 2.45) is 0 Å². The average Bonchev–Trinajstić information content (AvgIpc) is 2.86. The third-order valence-corrected chi connectivity index (χ3v) is 3.48. The minimum absolute atomic E-state index is 0.326. The van der Waals surface area contributed by atoms with Gasteiger partial charge in [-0.3, -0.25) is 0 Å². The van der Waals surface area contributed by atoms with Crippen LogP contribution >= 0.6 is 11.3 Å². The summed E-state index contributed by atoms with van der Waals surface area (Å²) >= 11 is 1.77. The van der Waals surface area contributed by atoms with E-state index in [9.17, 15) is 0 Å². The van der Waals surface area contributed by atoms with Crippen molar-refractivity contribution in [1.29, 1.82) is 0 Å². The van der Waals surface area contributed by atoms with Crippen molar-refractivity contribution in [3.8, 4) is 0 Å². The van der Waals surface area contributed by atoms with E-state index in [-0.39, 0.29) is 0 Å². The Morgan fingerprint density at radius 2 is 2.29 bits per heavy atom. The predicted molar refractivity (Wildman–Crippen MR) is 59.5 cm³/mol. The third-order valence-electron chi connectivity index (χ3n) is 2.36. The minimum Gasteiger partial charge on any atom is -0.301 e. The zero-order valence-electron chi connectivity index (χ0n) is 7.60. The van der Waals surface area contributed by atoms with Crippen LogP contribution in [0.2, 0.25) is 0 Å². The van der Waals surface area contributed by atoms with Crippen LogP contribution in [0.25, 0.3) is 10.2 Å². The highest BCUT2D eigenvalue weighted by Gasteiger charge is 2.14. The normalized spacial score (nSPS) is 20.7. The summed E-state index contributed by atoms with van der Waals surface area (Å²) in [6.45, 7) is 0.959. The molecule has 1 aromatic heterocycles. The molecule has 1 N–H and O–H groups in total. The number of benzene rings is 1. The van der Waals surface area contributed by atoms with E-state index in [1.807, 2.05) is 6.07 Å². The van der Waals surface area contributed by atoms with Crippen LogP contribution in [-0.4, -0.2) is 11.5 Å². The first-order valence-electron chi connectivity index (χ1n) is 4.69. The maximum absolute atomic E-state index is 4.60. The maximum atomic E-state index is 4.60. The molecule has 3 rings (SSSR count). The number of rotatable bonds is 1. The Labute approximate surface area is 86.3 Å². The van der Waals surface area contributed by atoms with Gasteiger partial charge in [0.25, 0.3) is 0 Å². The fourth-order valence-electron chi connectivity index (χ4n) is 1.66. The molecule has 0 saturated heterocycles. The predicted octanol–water partition coefficient (Wildman–Crippen LogP) is 2.50. The lowest BCUT2D eigenvalue weighted by Gasteiger charge is -2.02. The van der Waals surface area contributed by atoms with E-state index in [0.29, 0.717) is 6.04 Å². The first kappa shape index (κ1) is 8.15. The molecule has 0 spiro atoms. The van der Waals surface area contributed by atoms with Gasteiger partial charge in [-0.1, -0.05) is 24.3 Å². The molecule has 14 heavy (non-hydrogen) atoms. The molecule has 1 aliphatic heterocycles. The van der Waals surface area contributed by atoms with Crippen LogP contribution < -0.4 is 5.32 Å². The van der Waals surface area contributed by atoms with Crippen molar-refractivity contribution in [1.82, 2.24) is 10.3 Å². The molecule has 2 heterocycles. The van der Waals surface area contributed by atoms with Crippen molar-refractivity contribution in [3.63, 3.8) is 0 Å². The standard InChI is InChI=1S/C11H10N2S/c1-2-6-10-8(4-1)13-11(14-10)9-5-3-7-12-9/h1-6,9,12H,7H2. The van der Waals surface area contributed by atoms with Crippen LogP contribution in [0.1, 0.15) is 11.0 Å². The van der Waals surface area contributed by atoms with Crippen molar-refractivity contribution in [2.75, 3.05) is 6.54 Å². The average molecular weight is 202 g/mol. The maximum Gasteiger partial charge on any atom is 0.115 e. The van der Waals surface area contributed by atoms with Gasteiger partial charge < -0.3 is 5.32 Å². The summed E-state index contributed by atoms with van der Waals surface area (Å²) in [7, 11) is 0. The molecule has 1 aromatic carbocycles. The molecule has 0 fully saturated rings. The lowest BCUT2D eigenvalue weighted by Crippen LogP contribution is -2.13. The van der Waals surface area contributed by atoms with E-state index in [4.69, 9.17) is 0 Å². The first-order valence-corrected chi connectivity index (χ1v) is 5.51. The molecule has 0 aliphatic carbocycles. The number of nitrogens with zero attached hydrogens (tertiary/aromatic N) is 1. The number of hydrogen-bond acceptors (Lipinski definition) is 3. The quantitative estimate of drug-likeness (QED) is 0.719. The van der Waals surface area contributed by atoms with Crippen LogP contribution in [0, 0.1) is 0 Å². The minimum atomic E-state index is 0.326. The van der Waals surface area contributed by atoms with Gasteiger partial charge in [-0.25, -0.2) is 4.98 Å². The smallest absolute Gasteiger partial charge is 0.115 e. The molecular formula is C11H10N2S. The van der Waals surface area contributed by atoms with Crippen molar-refractivity contribution in [2.45, 2.75) is 6.04 Å². The van der Waals surface area contributed by atoms with Gasteiger partial charge in [-0.15, -0.1) is 11.3 Å². The summed E-state index contributed by atoms with van der Waals surface area (Å²) < 4.78 is 1.27. The summed E-state index contributed by atoms with van der Waals surface area (Å²) in [6.07, 6.45) is 4.33. The number of hydrogen-bond donors (Lipinski definition) is 1. The van der Waals surface area contributed by atoms with Crippen molar-refractivity contribution < 1.29 is 0 Å². The Morgan fingerprint density at radius 3 is 3.07 bits per heavy atom. The Hall–Kier alpha value is -1.19. The Kier molecular flexibility index (Phi) is 1.85. The summed E-state index contributed by atoms with van der Waals surface area (Å²) in [6, 6.07) is 8.60. The second kappa shape index (κ2) is 3.19. The van der Waals surface area contributed by atoms with Gasteiger partial charge in [0.15, 0.2) is 0 Å². The summed E-state index contributed by atoms with van der Waals surface area (Å²) in [5.41, 5.74) is 1.11. The lowest BCUT2D eigenvalue weighted by molar-refractivity contribution is 0.709. The lowest BCUT2D eigenvalue weighted by atomic mass is 10.3. The van der Waals surface area contributed by atoms with E-state index >= 15 is 0 Å². The van der Waals surface area contributed by atoms with Gasteiger partial charge in [-0.05, 0) is 12.1 Å². The second-order valence-electron chi connectivity index (χ2n) is 3.33. The van der Waals surface area contributed by atoms with Gasteiger partial charge in [0.05, 0.1) is 16.3 Å². The molecule has 1 aliphatic rings. The number of fused-ring (bicyclic) bond motifs is 1. The molecular weight excluding hydrogens is 192 g/mol. The van der Waals surface area contributed by atoms with Crippen LogP contribution in [0.5, 0.6) is 0 Å². The van der Waals surface area contributed by atoms with Crippen LogP contribution in [0.15, 0.2) is 36.4 Å². The molecule has 0 amide bonds. The number of nitrogens with one attached hydrogen (secondary N) is 1. The molecule has 1 atom stereocenters. The van der Waals surface area contributed by atoms with Gasteiger partial charge in [-0.2, -0.15) is 0 Å². The van der Waals surface area contributed by atoms with Crippen LogP contribution in [0.4, 0.5) is 0 Å². The van der Waals surface area contributed by atoms with E-state index in [1.165, 1.54) is 9.71 Å². The van der Waals surface area contributed by atoms with E-state index < -0.39 is 0 Å². The van der Waals surface area contributed by atoms with E-state index in [1.54, 1.807) is 11.3 Å². The van der Waals surface area contributed by atoms with E-state index in [0.717, 1.165) is 12.1 Å². The second-order valence-corrected chi connectivity index (χ2v) is 4.40. The zero-order valence-corrected chi connectivity index (χ0v) is 8.42.